The highest BCUT2D eigenvalue weighted by atomic mass is 16.3. The number of hydrogen-bond acceptors (Lipinski definition) is 5. The first-order chi connectivity index (χ1) is 10.4. The molecule has 2 aromatic rings. The van der Waals surface area contributed by atoms with E-state index in [0.717, 1.165) is 24.5 Å². The fourth-order valence-electron chi connectivity index (χ4n) is 2.91. The summed E-state index contributed by atoms with van der Waals surface area (Å²) in [6.45, 7) is 1.87. The SMILES string of the molecule is OCC1CCCCCN1Cc1nnnn1-c1ccccc1. The van der Waals surface area contributed by atoms with Gasteiger partial charge < -0.3 is 5.11 Å². The van der Waals surface area contributed by atoms with Crippen LogP contribution in [0.4, 0.5) is 0 Å². The Kier molecular flexibility index (Phi) is 4.57. The zero-order valence-electron chi connectivity index (χ0n) is 12.1. The molecule has 0 aliphatic carbocycles. The summed E-state index contributed by atoms with van der Waals surface area (Å²) in [6.07, 6.45) is 4.63. The molecular weight excluding hydrogens is 266 g/mol. The van der Waals surface area contributed by atoms with Crippen LogP contribution >= 0.6 is 0 Å². The van der Waals surface area contributed by atoms with E-state index in [1.165, 1.54) is 19.3 Å². The third-order valence-corrected chi connectivity index (χ3v) is 4.09. The van der Waals surface area contributed by atoms with Crippen molar-refractivity contribution >= 4 is 0 Å². The lowest BCUT2D eigenvalue weighted by Gasteiger charge is -2.27. The van der Waals surface area contributed by atoms with Crippen LogP contribution in [0.3, 0.4) is 0 Å². The summed E-state index contributed by atoms with van der Waals surface area (Å²) in [5.74, 6) is 0.821. The molecule has 112 valence electrons. The molecule has 6 heteroatoms. The van der Waals surface area contributed by atoms with E-state index in [4.69, 9.17) is 0 Å². The fraction of sp³-hybridized carbons (Fsp3) is 0.533. The lowest BCUT2D eigenvalue weighted by molar-refractivity contribution is 0.115. The Labute approximate surface area is 124 Å². The monoisotopic (exact) mass is 287 g/mol. The Morgan fingerprint density at radius 1 is 1.14 bits per heavy atom. The quantitative estimate of drug-likeness (QED) is 0.920. The van der Waals surface area contributed by atoms with Crippen molar-refractivity contribution in [1.82, 2.24) is 25.1 Å². The predicted octanol–water partition coefficient (Wildman–Crippen LogP) is 1.40. The van der Waals surface area contributed by atoms with E-state index >= 15 is 0 Å². The average molecular weight is 287 g/mol. The summed E-state index contributed by atoms with van der Waals surface area (Å²) >= 11 is 0. The van der Waals surface area contributed by atoms with Crippen molar-refractivity contribution < 1.29 is 5.11 Å². The Morgan fingerprint density at radius 3 is 2.81 bits per heavy atom. The summed E-state index contributed by atoms with van der Waals surface area (Å²) < 4.78 is 1.78. The normalized spacial score (nSPS) is 20.3. The Balaban J connectivity index is 1.80. The number of aliphatic hydroxyl groups excluding tert-OH is 1. The van der Waals surface area contributed by atoms with Gasteiger partial charge in [-0.3, -0.25) is 4.90 Å². The van der Waals surface area contributed by atoms with Gasteiger partial charge >= 0.3 is 0 Å². The maximum absolute atomic E-state index is 9.60. The summed E-state index contributed by atoms with van der Waals surface area (Å²) in [7, 11) is 0. The Morgan fingerprint density at radius 2 is 2.00 bits per heavy atom. The summed E-state index contributed by atoms with van der Waals surface area (Å²) in [5, 5.41) is 21.7. The molecule has 1 aliphatic heterocycles. The lowest BCUT2D eigenvalue weighted by Crippen LogP contribution is -2.37. The fourth-order valence-corrected chi connectivity index (χ4v) is 2.91. The zero-order chi connectivity index (χ0) is 14.5. The number of benzene rings is 1. The number of aliphatic hydroxyl groups is 1. The summed E-state index contributed by atoms with van der Waals surface area (Å²) in [5.41, 5.74) is 0.966. The minimum absolute atomic E-state index is 0.201. The lowest BCUT2D eigenvalue weighted by atomic mass is 10.1. The number of tetrazole rings is 1. The highest BCUT2D eigenvalue weighted by molar-refractivity contribution is 5.30. The van der Waals surface area contributed by atoms with Crippen molar-refractivity contribution in [1.29, 1.82) is 0 Å². The van der Waals surface area contributed by atoms with Gasteiger partial charge in [-0.25, -0.2) is 0 Å². The van der Waals surface area contributed by atoms with E-state index in [1.54, 1.807) is 4.68 Å². The number of hydrogen-bond donors (Lipinski definition) is 1. The van der Waals surface area contributed by atoms with Crippen molar-refractivity contribution in [3.8, 4) is 5.69 Å². The summed E-state index contributed by atoms with van der Waals surface area (Å²) in [4.78, 5) is 2.30. The number of para-hydroxylation sites is 1. The molecule has 0 amide bonds. The van der Waals surface area contributed by atoms with Crippen LogP contribution in [0.25, 0.3) is 5.69 Å². The van der Waals surface area contributed by atoms with Gasteiger partial charge in [0.05, 0.1) is 18.8 Å². The molecule has 0 bridgehead atoms. The van der Waals surface area contributed by atoms with Crippen LogP contribution in [0.5, 0.6) is 0 Å². The van der Waals surface area contributed by atoms with Crippen LogP contribution in [0.15, 0.2) is 30.3 Å². The van der Waals surface area contributed by atoms with Gasteiger partial charge in [0.25, 0.3) is 0 Å². The molecule has 6 nitrogen and oxygen atoms in total. The van der Waals surface area contributed by atoms with Crippen LogP contribution in [0.1, 0.15) is 31.5 Å². The molecule has 0 radical (unpaired) electrons. The predicted molar refractivity (Wildman–Crippen MR) is 78.9 cm³/mol. The molecule has 21 heavy (non-hydrogen) atoms. The maximum Gasteiger partial charge on any atom is 0.170 e. The van der Waals surface area contributed by atoms with Crippen molar-refractivity contribution in [2.45, 2.75) is 38.3 Å². The van der Waals surface area contributed by atoms with Gasteiger partial charge in [0.2, 0.25) is 0 Å². The van der Waals surface area contributed by atoms with Crippen molar-refractivity contribution in [3.63, 3.8) is 0 Å². The third-order valence-electron chi connectivity index (χ3n) is 4.09. The van der Waals surface area contributed by atoms with Crippen LogP contribution in [0.2, 0.25) is 0 Å². The number of rotatable bonds is 4. The van der Waals surface area contributed by atoms with E-state index in [2.05, 4.69) is 20.4 Å². The van der Waals surface area contributed by atoms with E-state index < -0.39 is 0 Å². The standard InChI is InChI=1S/C15H21N5O/c21-12-14-9-5-2-6-10-19(14)11-15-16-17-18-20(15)13-7-3-1-4-8-13/h1,3-4,7-8,14,21H,2,5-6,9-12H2. The molecule has 0 saturated carbocycles. The van der Waals surface area contributed by atoms with Crippen molar-refractivity contribution in [3.05, 3.63) is 36.2 Å². The maximum atomic E-state index is 9.60. The van der Waals surface area contributed by atoms with E-state index in [0.29, 0.717) is 6.54 Å². The Bertz CT molecular complexity index is 556. The molecule has 2 heterocycles. The highest BCUT2D eigenvalue weighted by Crippen LogP contribution is 2.19. The van der Waals surface area contributed by atoms with Gasteiger partial charge in [-0.05, 0) is 41.9 Å². The molecule has 1 aliphatic rings. The summed E-state index contributed by atoms with van der Waals surface area (Å²) in [6, 6.07) is 10.1. The zero-order valence-corrected chi connectivity index (χ0v) is 12.1. The third kappa shape index (κ3) is 3.28. The second kappa shape index (κ2) is 6.78. The Hall–Kier alpha value is -1.79. The van der Waals surface area contributed by atoms with E-state index in [1.807, 2.05) is 30.3 Å². The molecule has 1 unspecified atom stereocenters. The van der Waals surface area contributed by atoms with Gasteiger partial charge in [-0.1, -0.05) is 31.0 Å². The molecular formula is C15H21N5O. The number of aromatic nitrogens is 4. The van der Waals surface area contributed by atoms with Gasteiger partial charge in [0.1, 0.15) is 0 Å². The molecule has 3 rings (SSSR count). The van der Waals surface area contributed by atoms with Crippen molar-refractivity contribution in [2.75, 3.05) is 13.2 Å². The topological polar surface area (TPSA) is 67.1 Å². The molecule has 1 aromatic carbocycles. The van der Waals surface area contributed by atoms with Gasteiger partial charge in [0, 0.05) is 6.04 Å². The van der Waals surface area contributed by atoms with Crippen LogP contribution in [-0.4, -0.2) is 49.4 Å². The van der Waals surface area contributed by atoms with Gasteiger partial charge in [-0.2, -0.15) is 4.68 Å². The molecule has 1 aromatic heterocycles. The second-order valence-electron chi connectivity index (χ2n) is 5.50. The van der Waals surface area contributed by atoms with E-state index in [9.17, 15) is 5.11 Å². The minimum Gasteiger partial charge on any atom is -0.395 e. The molecule has 1 N–H and O–H groups in total. The van der Waals surface area contributed by atoms with Crippen LogP contribution < -0.4 is 0 Å². The van der Waals surface area contributed by atoms with Crippen LogP contribution in [0, 0.1) is 0 Å². The first-order valence-electron chi connectivity index (χ1n) is 7.56. The smallest absolute Gasteiger partial charge is 0.170 e. The molecule has 1 atom stereocenters. The van der Waals surface area contributed by atoms with Gasteiger partial charge in [0.15, 0.2) is 5.82 Å². The molecule has 1 saturated heterocycles. The second-order valence-corrected chi connectivity index (χ2v) is 5.50. The first kappa shape index (κ1) is 14.2. The number of nitrogens with zero attached hydrogens (tertiary/aromatic N) is 5. The van der Waals surface area contributed by atoms with Gasteiger partial charge in [-0.15, -0.1) is 5.10 Å². The molecule has 1 fully saturated rings. The molecule has 0 spiro atoms. The first-order valence-corrected chi connectivity index (χ1v) is 7.56. The van der Waals surface area contributed by atoms with Crippen molar-refractivity contribution in [2.24, 2.45) is 0 Å². The average Bonchev–Trinajstić information content (AvgIpc) is 2.87. The van der Waals surface area contributed by atoms with Crippen LogP contribution in [-0.2, 0) is 6.54 Å². The minimum atomic E-state index is 0.201. The highest BCUT2D eigenvalue weighted by Gasteiger charge is 2.22. The largest absolute Gasteiger partial charge is 0.395 e. The van der Waals surface area contributed by atoms with E-state index in [-0.39, 0.29) is 12.6 Å². The number of likely N-dealkylation sites (tertiary alicyclic amines) is 1.